The molecule has 0 bridgehead atoms. The number of ether oxygens (including phenoxy) is 3. The monoisotopic (exact) mass is 787 g/mol. The van der Waals surface area contributed by atoms with Gasteiger partial charge in [0.25, 0.3) is 0 Å². The molecule has 0 spiro atoms. The summed E-state index contributed by atoms with van der Waals surface area (Å²) in [6, 6.07) is 0. The standard InChI is InChI=1S/C51H78O6/c1-4-7-10-13-16-19-22-24-25-27-29-32-35-38-41-44-50(53)56-47-48(46-55-49(52)43-40-37-34-31-28-21-18-15-12-9-6-3)57-51(54)45-42-39-36-33-30-26-23-20-17-14-11-8-5-2/h7-14,16-25,31,34,48H,4-6,15,26-30,32-33,35-47H2,1-3H3/b10-7-,11-8-,12-9-,16-13-,17-14-,21-18-,22-19-,23-20-,25-24-,34-31-. The summed E-state index contributed by atoms with van der Waals surface area (Å²) >= 11 is 0. The van der Waals surface area contributed by atoms with E-state index in [0.29, 0.717) is 12.8 Å². The fourth-order valence-corrected chi connectivity index (χ4v) is 5.36. The maximum atomic E-state index is 12.7. The number of unbranched alkanes of at least 4 members (excludes halogenated alkanes) is 11. The SMILES string of the molecule is CC\C=C/C=C\C=C/C=C\CCCCCCCC(=O)OCC(COC(=O)CCC/C=C\C/C=C\C/C=C\CC)OC(=O)CCCCCCC\C=C/C=C\C=C/CC. The lowest BCUT2D eigenvalue weighted by atomic mass is 10.1. The van der Waals surface area contributed by atoms with Gasteiger partial charge in [-0.15, -0.1) is 0 Å². The Balaban J connectivity index is 4.55. The Hall–Kier alpha value is -4.19. The van der Waals surface area contributed by atoms with E-state index in [0.717, 1.165) is 116 Å². The van der Waals surface area contributed by atoms with Gasteiger partial charge in [0.05, 0.1) is 0 Å². The van der Waals surface area contributed by atoms with Gasteiger partial charge in [0.2, 0.25) is 0 Å². The largest absolute Gasteiger partial charge is 0.462 e. The number of rotatable bonds is 37. The molecule has 1 unspecified atom stereocenters. The molecule has 0 aromatic heterocycles. The van der Waals surface area contributed by atoms with Gasteiger partial charge in [-0.05, 0) is 83.5 Å². The molecule has 0 heterocycles. The first-order valence-corrected chi connectivity index (χ1v) is 22.1. The van der Waals surface area contributed by atoms with Gasteiger partial charge in [0.15, 0.2) is 6.10 Å². The van der Waals surface area contributed by atoms with Crippen molar-refractivity contribution in [2.45, 2.75) is 168 Å². The fourth-order valence-electron chi connectivity index (χ4n) is 5.36. The highest BCUT2D eigenvalue weighted by atomic mass is 16.6. The molecule has 0 N–H and O–H groups in total. The fraction of sp³-hybridized carbons (Fsp3) is 0.549. The molecule has 0 saturated heterocycles. The van der Waals surface area contributed by atoms with Crippen molar-refractivity contribution in [3.8, 4) is 0 Å². The van der Waals surface area contributed by atoms with Gasteiger partial charge in [-0.1, -0.05) is 181 Å². The quantitative estimate of drug-likeness (QED) is 0.0205. The van der Waals surface area contributed by atoms with Crippen LogP contribution in [0.1, 0.15) is 162 Å². The topological polar surface area (TPSA) is 78.9 Å². The normalized spacial score (nSPS) is 13.2. The van der Waals surface area contributed by atoms with Crippen molar-refractivity contribution in [1.29, 1.82) is 0 Å². The zero-order valence-corrected chi connectivity index (χ0v) is 36.0. The second kappa shape index (κ2) is 44.5. The van der Waals surface area contributed by atoms with Crippen molar-refractivity contribution in [1.82, 2.24) is 0 Å². The van der Waals surface area contributed by atoms with Gasteiger partial charge in [-0.25, -0.2) is 0 Å². The van der Waals surface area contributed by atoms with Gasteiger partial charge < -0.3 is 14.2 Å². The second-order valence-electron chi connectivity index (χ2n) is 14.0. The molecule has 0 rings (SSSR count). The number of carbonyl (C=O) groups excluding carboxylic acids is 3. The molecule has 0 saturated carbocycles. The summed E-state index contributed by atoms with van der Waals surface area (Å²) in [5.41, 5.74) is 0. The average Bonchev–Trinajstić information content (AvgIpc) is 3.21. The van der Waals surface area contributed by atoms with Crippen LogP contribution >= 0.6 is 0 Å². The van der Waals surface area contributed by atoms with Crippen molar-refractivity contribution in [3.05, 3.63) is 122 Å². The average molecular weight is 787 g/mol. The molecule has 0 fully saturated rings. The number of carbonyl (C=O) groups is 3. The second-order valence-corrected chi connectivity index (χ2v) is 14.0. The Morgan fingerprint density at radius 1 is 0.368 bits per heavy atom. The smallest absolute Gasteiger partial charge is 0.306 e. The van der Waals surface area contributed by atoms with Crippen molar-refractivity contribution in [2.75, 3.05) is 13.2 Å². The summed E-state index contributed by atoms with van der Waals surface area (Å²) in [4.78, 5) is 37.7. The van der Waals surface area contributed by atoms with E-state index < -0.39 is 6.10 Å². The predicted molar refractivity (Wildman–Crippen MR) is 242 cm³/mol. The lowest BCUT2D eigenvalue weighted by Gasteiger charge is -2.18. The van der Waals surface area contributed by atoms with E-state index >= 15 is 0 Å². The molecular formula is C51H78O6. The van der Waals surface area contributed by atoms with Crippen LogP contribution in [0, 0.1) is 0 Å². The first kappa shape index (κ1) is 52.8. The van der Waals surface area contributed by atoms with Crippen LogP contribution in [0.15, 0.2) is 122 Å². The van der Waals surface area contributed by atoms with E-state index in [-0.39, 0.29) is 44.0 Å². The lowest BCUT2D eigenvalue weighted by molar-refractivity contribution is -0.167. The zero-order valence-electron chi connectivity index (χ0n) is 36.0. The summed E-state index contributed by atoms with van der Waals surface area (Å²) in [6.45, 7) is 6.12. The molecule has 6 nitrogen and oxygen atoms in total. The highest BCUT2D eigenvalue weighted by molar-refractivity contribution is 5.71. The van der Waals surface area contributed by atoms with Gasteiger partial charge >= 0.3 is 17.9 Å². The first-order chi connectivity index (χ1) is 28.0. The summed E-state index contributed by atoms with van der Waals surface area (Å²) in [7, 11) is 0. The van der Waals surface area contributed by atoms with Crippen LogP contribution in [-0.2, 0) is 28.6 Å². The summed E-state index contributed by atoms with van der Waals surface area (Å²) in [6.07, 6.45) is 60.4. The Kier molecular flexibility index (Phi) is 41.3. The van der Waals surface area contributed by atoms with Crippen LogP contribution in [0.4, 0.5) is 0 Å². The zero-order chi connectivity index (χ0) is 41.5. The van der Waals surface area contributed by atoms with Crippen molar-refractivity contribution in [2.24, 2.45) is 0 Å². The maximum Gasteiger partial charge on any atom is 0.306 e. The van der Waals surface area contributed by atoms with Crippen LogP contribution in [0.2, 0.25) is 0 Å². The van der Waals surface area contributed by atoms with Gasteiger partial charge in [0.1, 0.15) is 13.2 Å². The Morgan fingerprint density at radius 3 is 1.25 bits per heavy atom. The van der Waals surface area contributed by atoms with Crippen molar-refractivity contribution in [3.63, 3.8) is 0 Å². The van der Waals surface area contributed by atoms with Gasteiger partial charge in [-0.2, -0.15) is 0 Å². The summed E-state index contributed by atoms with van der Waals surface area (Å²) in [5.74, 6) is -1.03. The molecule has 1 atom stereocenters. The Morgan fingerprint density at radius 2 is 0.737 bits per heavy atom. The van der Waals surface area contributed by atoms with Crippen molar-refractivity contribution >= 4 is 17.9 Å². The van der Waals surface area contributed by atoms with Crippen molar-refractivity contribution < 1.29 is 28.6 Å². The minimum Gasteiger partial charge on any atom is -0.462 e. The van der Waals surface area contributed by atoms with Crippen LogP contribution in [0.3, 0.4) is 0 Å². The number of hydrogen-bond acceptors (Lipinski definition) is 6. The molecule has 0 aliphatic carbocycles. The van der Waals surface area contributed by atoms with Crippen LogP contribution < -0.4 is 0 Å². The predicted octanol–water partition coefficient (Wildman–Crippen LogP) is 14.2. The number of esters is 3. The summed E-state index contributed by atoms with van der Waals surface area (Å²) < 4.78 is 16.6. The van der Waals surface area contributed by atoms with Crippen LogP contribution in [-0.4, -0.2) is 37.2 Å². The van der Waals surface area contributed by atoms with Crippen LogP contribution in [0.25, 0.3) is 0 Å². The molecule has 0 amide bonds. The molecule has 0 aliphatic rings. The highest BCUT2D eigenvalue weighted by Gasteiger charge is 2.19. The Bertz CT molecular complexity index is 1270. The minimum absolute atomic E-state index is 0.119. The van der Waals surface area contributed by atoms with E-state index in [4.69, 9.17) is 14.2 Å². The molecule has 0 radical (unpaired) electrons. The van der Waals surface area contributed by atoms with E-state index in [2.05, 4.69) is 112 Å². The maximum absolute atomic E-state index is 12.7. The number of allylic oxidation sites excluding steroid dienone is 20. The molecule has 0 aromatic carbocycles. The molecule has 318 valence electrons. The summed E-state index contributed by atoms with van der Waals surface area (Å²) in [5, 5.41) is 0. The molecular weight excluding hydrogens is 709 g/mol. The molecule has 0 aromatic rings. The lowest BCUT2D eigenvalue weighted by Crippen LogP contribution is -2.30. The van der Waals surface area contributed by atoms with Gasteiger partial charge in [-0.3, -0.25) is 14.4 Å². The Labute approximate surface area is 348 Å². The number of hydrogen-bond donors (Lipinski definition) is 0. The molecule has 0 aliphatic heterocycles. The molecule has 57 heavy (non-hydrogen) atoms. The third-order valence-electron chi connectivity index (χ3n) is 8.60. The van der Waals surface area contributed by atoms with E-state index in [9.17, 15) is 14.4 Å². The van der Waals surface area contributed by atoms with Crippen LogP contribution in [0.5, 0.6) is 0 Å². The third-order valence-corrected chi connectivity index (χ3v) is 8.60. The van der Waals surface area contributed by atoms with E-state index in [1.54, 1.807) is 0 Å². The van der Waals surface area contributed by atoms with E-state index in [1.807, 2.05) is 30.4 Å². The van der Waals surface area contributed by atoms with E-state index in [1.165, 1.54) is 0 Å². The minimum atomic E-state index is -0.820. The first-order valence-electron chi connectivity index (χ1n) is 22.1. The third kappa shape index (κ3) is 42.8. The molecule has 6 heteroatoms. The van der Waals surface area contributed by atoms with Gasteiger partial charge in [0, 0.05) is 19.3 Å². The highest BCUT2D eigenvalue weighted by Crippen LogP contribution is 2.12.